The van der Waals surface area contributed by atoms with Crippen molar-refractivity contribution in [3.63, 3.8) is 0 Å². The maximum Gasteiger partial charge on any atom is 0.251 e. The molecule has 0 bridgehead atoms. The normalized spacial score (nSPS) is 11.0. The first-order valence-electron chi connectivity index (χ1n) is 5.52. The van der Waals surface area contributed by atoms with E-state index in [4.69, 9.17) is 21.1 Å². The van der Waals surface area contributed by atoms with Gasteiger partial charge < -0.3 is 14.8 Å². The molecule has 0 fully saturated rings. The van der Waals surface area contributed by atoms with Crippen molar-refractivity contribution in [1.82, 2.24) is 5.32 Å². The molecule has 0 aliphatic heterocycles. The summed E-state index contributed by atoms with van der Waals surface area (Å²) in [6.07, 6.45) is 0. The number of amides is 1. The summed E-state index contributed by atoms with van der Waals surface area (Å²) in [6.45, 7) is 5.73. The van der Waals surface area contributed by atoms with E-state index in [0.29, 0.717) is 22.1 Å². The number of ether oxygens (including phenoxy) is 2. The molecule has 1 rings (SSSR count). The number of carbonyl (C=O) groups excluding carboxylic acids is 1. The number of hydrogen-bond acceptors (Lipinski definition) is 3. The van der Waals surface area contributed by atoms with E-state index in [9.17, 15) is 4.79 Å². The van der Waals surface area contributed by atoms with Gasteiger partial charge in [-0.1, -0.05) is 11.6 Å². The summed E-state index contributed by atoms with van der Waals surface area (Å²) < 4.78 is 10.3. The highest BCUT2D eigenvalue weighted by molar-refractivity contribution is 6.32. The van der Waals surface area contributed by atoms with Gasteiger partial charge in [-0.25, -0.2) is 0 Å². The van der Waals surface area contributed by atoms with Crippen molar-refractivity contribution in [2.24, 2.45) is 0 Å². The van der Waals surface area contributed by atoms with Gasteiger partial charge in [-0.2, -0.15) is 0 Å². The Kier molecular flexibility index (Phi) is 4.46. The number of nitrogens with one attached hydrogen (secondary N) is 1. The van der Waals surface area contributed by atoms with E-state index < -0.39 is 0 Å². The average Bonchev–Trinajstić information content (AvgIpc) is 2.25. The first kappa shape index (κ1) is 14.6. The molecule has 0 spiro atoms. The van der Waals surface area contributed by atoms with Crippen molar-refractivity contribution in [1.29, 1.82) is 0 Å². The number of rotatable bonds is 3. The maximum absolute atomic E-state index is 12.0. The highest BCUT2D eigenvalue weighted by Gasteiger charge is 2.19. The van der Waals surface area contributed by atoms with Gasteiger partial charge in [0.25, 0.3) is 5.91 Å². The fourth-order valence-corrected chi connectivity index (χ4v) is 1.75. The molecule has 0 aliphatic rings. The van der Waals surface area contributed by atoms with Crippen LogP contribution < -0.4 is 14.8 Å². The summed E-state index contributed by atoms with van der Waals surface area (Å²) in [4.78, 5) is 12.0. The minimum Gasteiger partial charge on any atom is -0.493 e. The fraction of sp³-hybridized carbons (Fsp3) is 0.462. The van der Waals surface area contributed by atoms with Crippen LogP contribution in [0.4, 0.5) is 0 Å². The van der Waals surface area contributed by atoms with Crippen molar-refractivity contribution >= 4 is 17.5 Å². The Balaban J connectivity index is 3.12. The van der Waals surface area contributed by atoms with Crippen LogP contribution in [-0.4, -0.2) is 25.7 Å². The van der Waals surface area contributed by atoms with E-state index in [2.05, 4.69) is 5.32 Å². The average molecular weight is 272 g/mol. The molecule has 0 radical (unpaired) electrons. The van der Waals surface area contributed by atoms with Gasteiger partial charge in [0.15, 0.2) is 11.5 Å². The molecule has 0 unspecified atom stereocenters. The standard InChI is InChI=1S/C13H18ClNO3/c1-13(2,3)15-12(16)8-6-9(14)11(18-5)10(7-8)17-4/h6-7H,1-5H3,(H,15,16). The lowest BCUT2D eigenvalue weighted by Gasteiger charge is -2.21. The Morgan fingerprint density at radius 1 is 1.22 bits per heavy atom. The van der Waals surface area contributed by atoms with Crippen LogP contribution >= 0.6 is 11.6 Å². The Labute approximate surface area is 112 Å². The second-order valence-electron chi connectivity index (χ2n) is 4.90. The second-order valence-corrected chi connectivity index (χ2v) is 5.30. The van der Waals surface area contributed by atoms with Crippen molar-refractivity contribution in [2.75, 3.05) is 14.2 Å². The zero-order chi connectivity index (χ0) is 13.9. The van der Waals surface area contributed by atoms with Crippen LogP contribution in [0.3, 0.4) is 0 Å². The molecule has 0 aliphatic carbocycles. The predicted octanol–water partition coefficient (Wildman–Crippen LogP) is 2.89. The van der Waals surface area contributed by atoms with E-state index in [1.54, 1.807) is 12.1 Å². The summed E-state index contributed by atoms with van der Waals surface area (Å²) >= 11 is 6.04. The van der Waals surface area contributed by atoms with Gasteiger partial charge in [0.1, 0.15) is 0 Å². The molecule has 4 nitrogen and oxygen atoms in total. The van der Waals surface area contributed by atoms with Crippen LogP contribution in [0.1, 0.15) is 31.1 Å². The number of benzene rings is 1. The molecule has 100 valence electrons. The first-order chi connectivity index (χ1) is 8.28. The molecule has 0 aromatic heterocycles. The van der Waals surface area contributed by atoms with Crippen LogP contribution in [0.15, 0.2) is 12.1 Å². The lowest BCUT2D eigenvalue weighted by molar-refractivity contribution is 0.0919. The smallest absolute Gasteiger partial charge is 0.251 e. The Morgan fingerprint density at radius 2 is 1.83 bits per heavy atom. The summed E-state index contributed by atoms with van der Waals surface area (Å²) in [7, 11) is 3.00. The Morgan fingerprint density at radius 3 is 2.28 bits per heavy atom. The number of halogens is 1. The minimum atomic E-state index is -0.309. The molecule has 5 heteroatoms. The number of methoxy groups -OCH3 is 2. The zero-order valence-electron chi connectivity index (χ0n) is 11.3. The topological polar surface area (TPSA) is 47.6 Å². The van der Waals surface area contributed by atoms with Crippen molar-refractivity contribution in [3.05, 3.63) is 22.7 Å². The molecule has 1 amide bonds. The van der Waals surface area contributed by atoms with Crippen LogP contribution in [-0.2, 0) is 0 Å². The molecule has 1 aromatic carbocycles. The zero-order valence-corrected chi connectivity index (χ0v) is 12.0. The van der Waals surface area contributed by atoms with Gasteiger partial charge in [0.05, 0.1) is 19.2 Å². The molecule has 0 atom stereocenters. The molecule has 1 N–H and O–H groups in total. The van der Waals surface area contributed by atoms with Crippen LogP contribution in [0, 0.1) is 0 Å². The van der Waals surface area contributed by atoms with Crippen molar-refractivity contribution in [3.8, 4) is 11.5 Å². The lowest BCUT2D eigenvalue weighted by Crippen LogP contribution is -2.40. The molecular formula is C13H18ClNO3. The third-order valence-electron chi connectivity index (χ3n) is 2.18. The first-order valence-corrected chi connectivity index (χ1v) is 5.90. The van der Waals surface area contributed by atoms with E-state index in [1.807, 2.05) is 20.8 Å². The SMILES string of the molecule is COc1cc(C(=O)NC(C)(C)C)cc(Cl)c1OC. The van der Waals surface area contributed by atoms with Crippen LogP contribution in [0.2, 0.25) is 5.02 Å². The fourth-order valence-electron chi connectivity index (χ4n) is 1.46. The van der Waals surface area contributed by atoms with Gasteiger partial charge in [0, 0.05) is 11.1 Å². The van der Waals surface area contributed by atoms with Gasteiger partial charge in [-0.15, -0.1) is 0 Å². The molecule has 18 heavy (non-hydrogen) atoms. The van der Waals surface area contributed by atoms with Crippen LogP contribution in [0.25, 0.3) is 0 Å². The van der Waals surface area contributed by atoms with E-state index in [1.165, 1.54) is 14.2 Å². The molecule has 1 aromatic rings. The van der Waals surface area contributed by atoms with Crippen LogP contribution in [0.5, 0.6) is 11.5 Å². The summed E-state index contributed by atoms with van der Waals surface area (Å²) in [5, 5.41) is 3.20. The largest absolute Gasteiger partial charge is 0.493 e. The van der Waals surface area contributed by atoms with E-state index in [0.717, 1.165) is 0 Å². The van der Waals surface area contributed by atoms with Gasteiger partial charge >= 0.3 is 0 Å². The molecule has 0 heterocycles. The summed E-state index contributed by atoms with van der Waals surface area (Å²) in [5.74, 6) is 0.654. The monoisotopic (exact) mass is 271 g/mol. The third-order valence-corrected chi connectivity index (χ3v) is 2.47. The van der Waals surface area contributed by atoms with Gasteiger partial charge in [-0.3, -0.25) is 4.79 Å². The summed E-state index contributed by atoms with van der Waals surface area (Å²) in [6, 6.07) is 3.16. The highest BCUT2D eigenvalue weighted by atomic mass is 35.5. The van der Waals surface area contributed by atoms with E-state index >= 15 is 0 Å². The lowest BCUT2D eigenvalue weighted by atomic mass is 10.1. The quantitative estimate of drug-likeness (QED) is 0.920. The molecule has 0 saturated heterocycles. The molecule has 0 saturated carbocycles. The minimum absolute atomic E-state index is 0.203. The van der Waals surface area contributed by atoms with Crippen molar-refractivity contribution < 1.29 is 14.3 Å². The highest BCUT2D eigenvalue weighted by Crippen LogP contribution is 2.36. The third kappa shape index (κ3) is 3.53. The van der Waals surface area contributed by atoms with Gasteiger partial charge in [0.2, 0.25) is 0 Å². The number of carbonyl (C=O) groups is 1. The van der Waals surface area contributed by atoms with E-state index in [-0.39, 0.29) is 11.4 Å². The maximum atomic E-state index is 12.0. The van der Waals surface area contributed by atoms with Crippen molar-refractivity contribution in [2.45, 2.75) is 26.3 Å². The summed E-state index contributed by atoms with van der Waals surface area (Å²) in [5.41, 5.74) is 0.129. The Bertz CT molecular complexity index is 452. The predicted molar refractivity (Wildman–Crippen MR) is 71.8 cm³/mol. The second kappa shape index (κ2) is 5.48. The Hall–Kier alpha value is -1.42. The number of hydrogen-bond donors (Lipinski definition) is 1. The molecular weight excluding hydrogens is 254 g/mol. The van der Waals surface area contributed by atoms with Gasteiger partial charge in [-0.05, 0) is 32.9 Å².